The average Bonchev–Trinajstić information content (AvgIpc) is 2.66. The van der Waals surface area contributed by atoms with Crippen LogP contribution >= 0.6 is 15.9 Å². The van der Waals surface area contributed by atoms with Crippen LogP contribution in [0.2, 0.25) is 0 Å². The monoisotopic (exact) mass is 447 g/mol. The van der Waals surface area contributed by atoms with Crippen LogP contribution in [0.4, 0.5) is 10.5 Å². The number of phenolic OH excluding ortho intramolecular Hbond substituents is 1. The first kappa shape index (κ1) is 21.5. The van der Waals surface area contributed by atoms with Crippen molar-refractivity contribution in [1.82, 2.24) is 0 Å². The molecule has 6 nitrogen and oxygen atoms in total. The van der Waals surface area contributed by atoms with Crippen LogP contribution in [-0.2, 0) is 9.53 Å². The Hall–Kier alpha value is -2.80. The van der Waals surface area contributed by atoms with E-state index in [1.165, 1.54) is 12.1 Å². The van der Waals surface area contributed by atoms with Gasteiger partial charge in [0.05, 0.1) is 0 Å². The van der Waals surface area contributed by atoms with Crippen LogP contribution in [0, 0.1) is 5.92 Å². The van der Waals surface area contributed by atoms with Gasteiger partial charge in [0.1, 0.15) is 11.9 Å². The number of amides is 1. The fraction of sp³-hybridized carbons (Fsp3) is 0.238. The molecule has 0 aromatic heterocycles. The Labute approximate surface area is 172 Å². The number of aromatic hydroxyl groups is 1. The van der Waals surface area contributed by atoms with Gasteiger partial charge in [-0.2, -0.15) is 0 Å². The van der Waals surface area contributed by atoms with Crippen LogP contribution in [0.5, 0.6) is 5.75 Å². The highest BCUT2D eigenvalue weighted by molar-refractivity contribution is 9.10. The van der Waals surface area contributed by atoms with E-state index in [0.29, 0.717) is 18.5 Å². The van der Waals surface area contributed by atoms with Crippen molar-refractivity contribution in [2.75, 3.05) is 5.32 Å². The lowest BCUT2D eigenvalue weighted by atomic mass is 9.93. The number of phenols is 1. The minimum absolute atomic E-state index is 0.0707. The highest BCUT2D eigenvalue weighted by Gasteiger charge is 2.23. The molecule has 2 aromatic rings. The molecule has 0 aliphatic rings. The van der Waals surface area contributed by atoms with Crippen LogP contribution in [0.15, 0.2) is 65.2 Å². The van der Waals surface area contributed by atoms with E-state index < -0.39 is 18.2 Å². The van der Waals surface area contributed by atoms with E-state index in [9.17, 15) is 14.7 Å². The summed E-state index contributed by atoms with van der Waals surface area (Å²) in [6.07, 6.45) is 2.71. The number of nitrogens with one attached hydrogen (secondary N) is 1. The lowest BCUT2D eigenvalue weighted by Crippen LogP contribution is -2.22. The van der Waals surface area contributed by atoms with Gasteiger partial charge < -0.3 is 14.9 Å². The number of carbonyl (C=O) groups excluding carboxylic acids is 1. The molecular formula is C21H22BrNO5. The number of hydrogen-bond donors (Lipinski definition) is 3. The Morgan fingerprint density at radius 3 is 2.39 bits per heavy atom. The van der Waals surface area contributed by atoms with Crippen molar-refractivity contribution in [3.63, 3.8) is 0 Å². The molecule has 2 aromatic carbocycles. The number of ether oxygens (including phenoxy) is 1. The van der Waals surface area contributed by atoms with E-state index >= 15 is 0 Å². The average molecular weight is 448 g/mol. The molecule has 0 aliphatic carbocycles. The van der Waals surface area contributed by atoms with Crippen molar-refractivity contribution < 1.29 is 24.5 Å². The minimum Gasteiger partial charge on any atom is -0.508 e. The first-order valence-electron chi connectivity index (χ1n) is 8.76. The number of carboxylic acids is 1. The summed E-state index contributed by atoms with van der Waals surface area (Å²) in [6, 6.07) is 13.6. The third kappa shape index (κ3) is 7.08. The zero-order valence-electron chi connectivity index (χ0n) is 15.3. The van der Waals surface area contributed by atoms with Gasteiger partial charge in [0.25, 0.3) is 0 Å². The van der Waals surface area contributed by atoms with Gasteiger partial charge >= 0.3 is 12.1 Å². The first-order valence-corrected chi connectivity index (χ1v) is 9.56. The maximum absolute atomic E-state index is 12.4. The normalized spacial score (nSPS) is 13.1. The molecule has 0 fully saturated rings. The Morgan fingerprint density at radius 2 is 1.79 bits per heavy atom. The van der Waals surface area contributed by atoms with Gasteiger partial charge in [-0.25, -0.2) is 9.59 Å². The maximum atomic E-state index is 12.4. The first-order chi connectivity index (χ1) is 13.3. The molecule has 0 radical (unpaired) electrons. The third-order valence-corrected chi connectivity index (χ3v) is 4.64. The highest BCUT2D eigenvalue weighted by Crippen LogP contribution is 2.31. The SMILES string of the molecule is C[C@H](CC/C=C/C(=O)O)[C@H](OC(=O)Nc1ccc(Br)cc1)c1ccc(O)cc1. The summed E-state index contributed by atoms with van der Waals surface area (Å²) in [5.41, 5.74) is 1.35. The van der Waals surface area contributed by atoms with E-state index in [1.807, 2.05) is 19.1 Å². The van der Waals surface area contributed by atoms with E-state index in [1.54, 1.807) is 30.3 Å². The number of benzene rings is 2. The molecule has 2 atom stereocenters. The van der Waals surface area contributed by atoms with Crippen molar-refractivity contribution >= 4 is 33.7 Å². The molecule has 1 amide bonds. The van der Waals surface area contributed by atoms with E-state index in [2.05, 4.69) is 21.2 Å². The number of hydrogen-bond acceptors (Lipinski definition) is 4. The lowest BCUT2D eigenvalue weighted by molar-refractivity contribution is -0.131. The van der Waals surface area contributed by atoms with Gasteiger partial charge in [0.15, 0.2) is 0 Å². The number of anilines is 1. The molecule has 148 valence electrons. The smallest absolute Gasteiger partial charge is 0.412 e. The number of carboxylic acid groups (broad SMARTS) is 1. The maximum Gasteiger partial charge on any atom is 0.412 e. The molecule has 0 spiro atoms. The van der Waals surface area contributed by atoms with Gasteiger partial charge in [0.2, 0.25) is 0 Å². The second kappa shape index (κ2) is 10.5. The number of rotatable bonds is 8. The molecule has 0 saturated carbocycles. The fourth-order valence-corrected chi connectivity index (χ4v) is 2.93. The Balaban J connectivity index is 2.08. The second-order valence-electron chi connectivity index (χ2n) is 6.34. The Bertz CT molecular complexity index is 818. The number of aliphatic carboxylic acids is 1. The van der Waals surface area contributed by atoms with Crippen molar-refractivity contribution in [3.8, 4) is 5.75 Å². The summed E-state index contributed by atoms with van der Waals surface area (Å²) >= 11 is 3.34. The molecule has 7 heteroatoms. The molecule has 0 aliphatic heterocycles. The zero-order valence-corrected chi connectivity index (χ0v) is 16.9. The van der Waals surface area contributed by atoms with Crippen LogP contribution in [-0.4, -0.2) is 22.3 Å². The second-order valence-corrected chi connectivity index (χ2v) is 7.26. The summed E-state index contributed by atoms with van der Waals surface area (Å²) in [6.45, 7) is 1.93. The van der Waals surface area contributed by atoms with Gasteiger partial charge in [-0.15, -0.1) is 0 Å². The van der Waals surface area contributed by atoms with Gasteiger partial charge in [-0.05, 0) is 60.7 Å². The number of halogens is 1. The molecule has 0 saturated heterocycles. The molecule has 28 heavy (non-hydrogen) atoms. The molecular weight excluding hydrogens is 426 g/mol. The van der Waals surface area contributed by atoms with E-state index in [0.717, 1.165) is 16.1 Å². The topological polar surface area (TPSA) is 95.9 Å². The molecule has 0 bridgehead atoms. The summed E-state index contributed by atoms with van der Waals surface area (Å²) in [5, 5.41) is 20.9. The Kier molecular flexibility index (Phi) is 8.07. The van der Waals surface area contributed by atoms with Crippen molar-refractivity contribution in [3.05, 3.63) is 70.7 Å². The molecule has 0 heterocycles. The molecule has 0 unspecified atom stereocenters. The van der Waals surface area contributed by atoms with Gasteiger partial charge in [0, 0.05) is 16.2 Å². The van der Waals surface area contributed by atoms with Crippen LogP contribution in [0.3, 0.4) is 0 Å². The quantitative estimate of drug-likeness (QED) is 0.464. The van der Waals surface area contributed by atoms with Crippen LogP contribution < -0.4 is 5.32 Å². The predicted molar refractivity (Wildman–Crippen MR) is 110 cm³/mol. The van der Waals surface area contributed by atoms with Gasteiger partial charge in [-0.3, -0.25) is 5.32 Å². The molecule has 2 rings (SSSR count). The Morgan fingerprint density at radius 1 is 1.14 bits per heavy atom. The fourth-order valence-electron chi connectivity index (χ4n) is 2.67. The molecule has 3 N–H and O–H groups in total. The summed E-state index contributed by atoms with van der Waals surface area (Å²) < 4.78 is 6.57. The highest BCUT2D eigenvalue weighted by atomic mass is 79.9. The number of allylic oxidation sites excluding steroid dienone is 1. The minimum atomic E-state index is -0.993. The van der Waals surface area contributed by atoms with Crippen LogP contribution in [0.25, 0.3) is 0 Å². The lowest BCUT2D eigenvalue weighted by Gasteiger charge is -2.24. The van der Waals surface area contributed by atoms with Crippen molar-refractivity contribution in [1.29, 1.82) is 0 Å². The zero-order chi connectivity index (χ0) is 20.5. The van der Waals surface area contributed by atoms with Crippen LogP contribution in [0.1, 0.15) is 31.4 Å². The van der Waals surface area contributed by atoms with Crippen molar-refractivity contribution in [2.45, 2.75) is 25.9 Å². The predicted octanol–water partition coefficient (Wildman–Crippen LogP) is 5.50. The standard InChI is InChI=1S/C21H22BrNO5/c1-14(4-2-3-5-19(25)26)20(15-6-12-18(24)13-7-15)28-21(27)23-17-10-8-16(22)9-11-17/h3,5-14,20,24H,2,4H2,1H3,(H,23,27)(H,25,26)/b5-3+/t14-,20+/m1/s1. The summed E-state index contributed by atoms with van der Waals surface area (Å²) in [7, 11) is 0. The van der Waals surface area contributed by atoms with E-state index in [4.69, 9.17) is 9.84 Å². The van der Waals surface area contributed by atoms with E-state index in [-0.39, 0.29) is 11.7 Å². The number of carbonyl (C=O) groups is 2. The summed E-state index contributed by atoms with van der Waals surface area (Å²) in [4.78, 5) is 23.0. The van der Waals surface area contributed by atoms with Crippen molar-refractivity contribution in [2.24, 2.45) is 5.92 Å². The van der Waals surface area contributed by atoms with Gasteiger partial charge in [-0.1, -0.05) is 41.1 Å². The third-order valence-electron chi connectivity index (χ3n) is 4.11. The summed E-state index contributed by atoms with van der Waals surface area (Å²) in [5.74, 6) is -0.939. The largest absolute Gasteiger partial charge is 0.508 e.